The summed E-state index contributed by atoms with van der Waals surface area (Å²) in [6.07, 6.45) is 0. The molecule has 0 radical (unpaired) electrons. The Morgan fingerprint density at radius 2 is 1.33 bits per heavy atom. The second kappa shape index (κ2) is 4.24. The van der Waals surface area contributed by atoms with E-state index in [1.54, 1.807) is 0 Å². The van der Waals surface area contributed by atoms with Crippen molar-refractivity contribution in [2.75, 3.05) is 0 Å². The van der Waals surface area contributed by atoms with Crippen LogP contribution in [0.3, 0.4) is 0 Å². The molecule has 0 spiro atoms. The molecule has 0 amide bonds. The summed E-state index contributed by atoms with van der Waals surface area (Å²) < 4.78 is 0. The van der Waals surface area contributed by atoms with Gasteiger partial charge >= 0.3 is 0 Å². The van der Waals surface area contributed by atoms with E-state index in [0.29, 0.717) is 0 Å². The van der Waals surface area contributed by atoms with Gasteiger partial charge in [-0.05, 0) is 24.4 Å². The summed E-state index contributed by atoms with van der Waals surface area (Å²) in [5.74, 6) is 0. The summed E-state index contributed by atoms with van der Waals surface area (Å²) in [4.78, 5) is 0. The highest BCUT2D eigenvalue weighted by molar-refractivity contribution is 7.80. The van der Waals surface area contributed by atoms with Gasteiger partial charge in [0.2, 0.25) is 0 Å². The Balaban J connectivity index is 3.10. The van der Waals surface area contributed by atoms with Crippen LogP contribution in [0, 0.1) is 0 Å². The molecule has 7 heteroatoms. The Kier molecular flexibility index (Phi) is 3.93. The van der Waals surface area contributed by atoms with E-state index in [-0.39, 0.29) is 10.2 Å². The topological polar surface area (TPSA) is 88.1 Å². The van der Waals surface area contributed by atoms with Crippen LogP contribution in [-0.2, 0) is 0 Å². The summed E-state index contributed by atoms with van der Waals surface area (Å²) in [6, 6.07) is 0. The zero-order valence-electron chi connectivity index (χ0n) is 4.47. The predicted octanol–water partition coefficient (Wildman–Crippen LogP) is -1.93. The van der Waals surface area contributed by atoms with Crippen LogP contribution in [0.5, 0.6) is 0 Å². The highest BCUT2D eigenvalue weighted by atomic mass is 32.1. The third-order valence-corrected chi connectivity index (χ3v) is 0.576. The fraction of sp³-hybridized carbons (Fsp3) is 0. The number of nitrogens with two attached hydrogens (primary N) is 2. The molecule has 7 N–H and O–H groups in total. The first kappa shape index (κ1) is 8.34. The van der Waals surface area contributed by atoms with Gasteiger partial charge in [0.25, 0.3) is 0 Å². The first-order valence-corrected chi connectivity index (χ1v) is 2.80. The number of nitrogens with one attached hydrogen (secondary N) is 3. The van der Waals surface area contributed by atoms with Crippen molar-refractivity contribution in [3.8, 4) is 0 Å². The van der Waals surface area contributed by atoms with Crippen LogP contribution in [-0.4, -0.2) is 10.2 Å². The Morgan fingerprint density at radius 1 is 1.00 bits per heavy atom. The van der Waals surface area contributed by atoms with Gasteiger partial charge in [-0.15, -0.1) is 5.53 Å². The average molecular weight is 165 g/mol. The maximum Gasteiger partial charge on any atom is 0.179 e. The maximum atomic E-state index is 5.01. The summed E-state index contributed by atoms with van der Waals surface area (Å²) in [5, 5.41) is 0.220. The molecule has 0 aromatic heterocycles. The summed E-state index contributed by atoms with van der Waals surface area (Å²) >= 11 is 8.86. The summed E-state index contributed by atoms with van der Waals surface area (Å²) in [5.41, 5.74) is 17.1. The molecule has 0 aromatic carbocycles. The van der Waals surface area contributed by atoms with Gasteiger partial charge in [0.1, 0.15) is 0 Å². The van der Waals surface area contributed by atoms with Crippen molar-refractivity contribution in [2.24, 2.45) is 11.5 Å². The second-order valence-electron chi connectivity index (χ2n) is 1.10. The molecular weight excluding hydrogens is 158 g/mol. The van der Waals surface area contributed by atoms with E-state index in [2.05, 4.69) is 40.8 Å². The van der Waals surface area contributed by atoms with Crippen LogP contribution >= 0.6 is 24.4 Å². The van der Waals surface area contributed by atoms with Crippen molar-refractivity contribution in [1.29, 1.82) is 0 Å². The number of hydrogen-bond acceptors (Lipinski definition) is 3. The molecule has 0 rings (SSSR count). The minimum absolute atomic E-state index is 0.110. The molecule has 0 saturated heterocycles. The fourth-order valence-electron chi connectivity index (χ4n) is 0.154. The molecule has 0 atom stereocenters. The molecule has 0 unspecified atom stereocenters. The lowest BCUT2D eigenvalue weighted by molar-refractivity contribution is 0.618. The SMILES string of the molecule is NC(=S)NNNC(N)=S. The molecule has 9 heavy (non-hydrogen) atoms. The number of hydrogen-bond donors (Lipinski definition) is 5. The van der Waals surface area contributed by atoms with E-state index in [9.17, 15) is 0 Å². The zero-order chi connectivity index (χ0) is 7.28. The van der Waals surface area contributed by atoms with Gasteiger partial charge < -0.3 is 11.5 Å². The molecule has 0 saturated carbocycles. The molecule has 52 valence electrons. The van der Waals surface area contributed by atoms with Crippen molar-refractivity contribution < 1.29 is 0 Å². The van der Waals surface area contributed by atoms with Gasteiger partial charge in [-0.2, -0.15) is 0 Å². The first-order chi connectivity index (χ1) is 4.13. The predicted molar refractivity (Wildman–Crippen MR) is 43.0 cm³/mol. The summed E-state index contributed by atoms with van der Waals surface area (Å²) in [6.45, 7) is 0. The standard InChI is InChI=1S/C2H7N5S2/c3-1(8)5-7-6-2(4)9/h7H,(H3,3,5,8)(H3,4,6,9). The minimum Gasteiger partial charge on any atom is -0.375 e. The molecule has 0 aliphatic heterocycles. The number of hydrazine groups is 2. The van der Waals surface area contributed by atoms with Gasteiger partial charge in [0.05, 0.1) is 0 Å². The van der Waals surface area contributed by atoms with E-state index in [1.165, 1.54) is 0 Å². The lowest BCUT2D eigenvalue weighted by atomic mass is 11.2. The third kappa shape index (κ3) is 7.34. The van der Waals surface area contributed by atoms with Crippen molar-refractivity contribution in [3.05, 3.63) is 0 Å². The highest BCUT2D eigenvalue weighted by Crippen LogP contribution is 1.50. The average Bonchev–Trinajstić information content (AvgIpc) is 1.63. The van der Waals surface area contributed by atoms with E-state index < -0.39 is 0 Å². The third-order valence-electron chi connectivity index (χ3n) is 0.371. The van der Waals surface area contributed by atoms with E-state index in [0.717, 1.165) is 0 Å². The van der Waals surface area contributed by atoms with E-state index in [1.807, 2.05) is 0 Å². The number of rotatable bonds is 2. The monoisotopic (exact) mass is 165 g/mol. The Hall–Kier alpha value is -0.660. The second-order valence-corrected chi connectivity index (χ2v) is 1.98. The van der Waals surface area contributed by atoms with Crippen LogP contribution in [0.4, 0.5) is 0 Å². The van der Waals surface area contributed by atoms with Gasteiger partial charge in [-0.1, -0.05) is 0 Å². The maximum absolute atomic E-state index is 5.01. The fourth-order valence-corrected chi connectivity index (χ4v) is 0.257. The molecule has 0 aliphatic carbocycles. The smallest absolute Gasteiger partial charge is 0.179 e. The van der Waals surface area contributed by atoms with Crippen LogP contribution in [0.2, 0.25) is 0 Å². The molecule has 0 heterocycles. The molecule has 0 bridgehead atoms. The van der Waals surface area contributed by atoms with Crippen LogP contribution in [0.1, 0.15) is 0 Å². The summed E-state index contributed by atoms with van der Waals surface area (Å²) in [7, 11) is 0. The van der Waals surface area contributed by atoms with Crippen molar-refractivity contribution in [1.82, 2.24) is 16.4 Å². The Bertz CT molecular complexity index is 108. The van der Waals surface area contributed by atoms with Crippen LogP contribution in [0.25, 0.3) is 0 Å². The van der Waals surface area contributed by atoms with Crippen molar-refractivity contribution >= 4 is 34.7 Å². The minimum atomic E-state index is 0.110. The van der Waals surface area contributed by atoms with Crippen LogP contribution < -0.4 is 27.9 Å². The van der Waals surface area contributed by atoms with Crippen molar-refractivity contribution in [3.63, 3.8) is 0 Å². The molecule has 0 fully saturated rings. The van der Waals surface area contributed by atoms with E-state index >= 15 is 0 Å². The van der Waals surface area contributed by atoms with Gasteiger partial charge in [-0.25, -0.2) is 0 Å². The van der Waals surface area contributed by atoms with Gasteiger partial charge in [0.15, 0.2) is 10.2 Å². The Labute approximate surface area is 63.1 Å². The molecular formula is C2H7N5S2. The van der Waals surface area contributed by atoms with Gasteiger partial charge in [0, 0.05) is 0 Å². The quantitative estimate of drug-likeness (QED) is 0.241. The lowest BCUT2D eigenvalue weighted by Crippen LogP contribution is -2.52. The Morgan fingerprint density at radius 3 is 1.56 bits per heavy atom. The molecule has 5 nitrogen and oxygen atoms in total. The zero-order valence-corrected chi connectivity index (χ0v) is 6.10. The van der Waals surface area contributed by atoms with Crippen molar-refractivity contribution in [2.45, 2.75) is 0 Å². The lowest BCUT2D eigenvalue weighted by Gasteiger charge is -2.05. The first-order valence-electron chi connectivity index (χ1n) is 1.99. The number of thiocarbonyl (C=S) groups is 2. The van der Waals surface area contributed by atoms with E-state index in [4.69, 9.17) is 11.5 Å². The normalized spacial score (nSPS) is 8.00. The highest BCUT2D eigenvalue weighted by Gasteiger charge is 1.83. The molecule has 0 aliphatic rings. The molecule has 0 aromatic rings. The largest absolute Gasteiger partial charge is 0.375 e. The van der Waals surface area contributed by atoms with Crippen LogP contribution in [0.15, 0.2) is 0 Å². The van der Waals surface area contributed by atoms with Gasteiger partial charge in [-0.3, -0.25) is 10.9 Å².